The number of anilines is 1. The summed E-state index contributed by atoms with van der Waals surface area (Å²) in [5.41, 5.74) is 4.09. The molecule has 3 rings (SSSR count). The van der Waals surface area contributed by atoms with E-state index in [1.807, 2.05) is 13.0 Å². The lowest BCUT2D eigenvalue weighted by Crippen LogP contribution is -2.23. The lowest BCUT2D eigenvalue weighted by atomic mass is 9.99. The van der Waals surface area contributed by atoms with Gasteiger partial charge in [-0.3, -0.25) is 4.79 Å². The van der Waals surface area contributed by atoms with E-state index in [1.54, 1.807) is 6.33 Å². The molecule has 1 aliphatic rings. The molecule has 0 saturated carbocycles. The van der Waals surface area contributed by atoms with Crippen LogP contribution in [0.25, 0.3) is 11.1 Å². The van der Waals surface area contributed by atoms with Crippen molar-refractivity contribution < 1.29 is 19.7 Å². The molecule has 1 aromatic carbocycles. The lowest BCUT2D eigenvalue weighted by Gasteiger charge is -2.24. The van der Waals surface area contributed by atoms with Crippen molar-refractivity contribution in [1.29, 1.82) is 0 Å². The molecule has 29 heavy (non-hydrogen) atoms. The molecule has 7 heteroatoms. The largest absolute Gasteiger partial charge is 0.488 e. The maximum absolute atomic E-state index is 9.47. The number of hydrogen-bond donors (Lipinski definition) is 2. The summed E-state index contributed by atoms with van der Waals surface area (Å²) in [5, 5.41) is 16.4. The molecule has 1 atom stereocenters. The summed E-state index contributed by atoms with van der Waals surface area (Å²) >= 11 is 0. The first-order valence-electron chi connectivity index (χ1n) is 9.75. The van der Waals surface area contributed by atoms with Crippen molar-refractivity contribution in [3.63, 3.8) is 0 Å². The van der Waals surface area contributed by atoms with Crippen molar-refractivity contribution in [2.45, 2.75) is 46.6 Å². The summed E-state index contributed by atoms with van der Waals surface area (Å²) in [4.78, 5) is 19.7. The molecule has 2 N–H and O–H groups in total. The van der Waals surface area contributed by atoms with Gasteiger partial charge in [0.05, 0.1) is 5.69 Å². The molecule has 2 heterocycles. The number of benzene rings is 1. The smallest absolute Gasteiger partial charge is 0.290 e. The topological polar surface area (TPSA) is 95.8 Å². The molecule has 1 fully saturated rings. The number of aliphatic hydroxyl groups is 1. The zero-order chi connectivity index (χ0) is 21.6. The zero-order valence-electron chi connectivity index (χ0n) is 17.8. The first-order chi connectivity index (χ1) is 13.7. The Balaban J connectivity index is 0.000000941. The highest BCUT2D eigenvalue weighted by molar-refractivity contribution is 5.80. The number of aryl methyl sites for hydroxylation is 2. The van der Waals surface area contributed by atoms with E-state index in [2.05, 4.69) is 54.7 Å². The van der Waals surface area contributed by atoms with Gasteiger partial charge in [0.1, 0.15) is 23.5 Å². The van der Waals surface area contributed by atoms with Gasteiger partial charge in [-0.2, -0.15) is 0 Å². The number of carbonyl (C=O) groups is 1. The number of ether oxygens (including phenoxy) is 1. The van der Waals surface area contributed by atoms with Crippen molar-refractivity contribution in [2.24, 2.45) is 5.92 Å². The van der Waals surface area contributed by atoms with Crippen molar-refractivity contribution in [3.8, 4) is 16.9 Å². The molecule has 1 unspecified atom stereocenters. The maximum Gasteiger partial charge on any atom is 0.290 e. The molecule has 1 aromatic heterocycles. The Kier molecular flexibility index (Phi) is 7.56. The minimum atomic E-state index is -0.250. The summed E-state index contributed by atoms with van der Waals surface area (Å²) in [6.07, 6.45) is 2.63. The van der Waals surface area contributed by atoms with Crippen LogP contribution < -0.4 is 9.64 Å². The van der Waals surface area contributed by atoms with Crippen LogP contribution in [0.15, 0.2) is 24.5 Å². The van der Waals surface area contributed by atoms with Gasteiger partial charge in [-0.05, 0) is 64.3 Å². The van der Waals surface area contributed by atoms with Gasteiger partial charge in [0.2, 0.25) is 0 Å². The third-order valence-electron chi connectivity index (χ3n) is 4.75. The number of aromatic nitrogens is 2. The van der Waals surface area contributed by atoms with Gasteiger partial charge in [0.25, 0.3) is 6.47 Å². The number of carboxylic acid groups (broad SMARTS) is 1. The fourth-order valence-electron chi connectivity index (χ4n) is 3.52. The molecule has 158 valence electrons. The van der Waals surface area contributed by atoms with E-state index < -0.39 is 0 Å². The van der Waals surface area contributed by atoms with Crippen LogP contribution in [0.3, 0.4) is 0 Å². The average molecular weight is 402 g/mol. The van der Waals surface area contributed by atoms with Crippen molar-refractivity contribution >= 4 is 12.3 Å². The maximum atomic E-state index is 9.47. The first kappa shape index (κ1) is 22.6. The lowest BCUT2D eigenvalue weighted by molar-refractivity contribution is -0.122. The third-order valence-corrected chi connectivity index (χ3v) is 4.75. The summed E-state index contributed by atoms with van der Waals surface area (Å²) < 4.78 is 5.99. The van der Waals surface area contributed by atoms with Crippen molar-refractivity contribution in [2.75, 3.05) is 24.6 Å². The Morgan fingerprint density at radius 1 is 1.28 bits per heavy atom. The van der Waals surface area contributed by atoms with Crippen LogP contribution in [-0.4, -0.2) is 52.0 Å². The normalized spacial score (nSPS) is 16.2. The van der Waals surface area contributed by atoms with Crippen molar-refractivity contribution in [1.82, 2.24) is 9.97 Å². The standard InChI is InChI=1S/C21H29N3O2.CH2O2/c1-14-10-17(26-21(3,4)5)6-7-18(14)19-15(2)22-13-23-20(19)24-9-8-16(11-24)12-25;2-1-3/h6-7,10,13,16,25H,8-9,11-12H2,1-5H3;1H,(H,2,3). The third kappa shape index (κ3) is 5.90. The highest BCUT2D eigenvalue weighted by Gasteiger charge is 2.26. The van der Waals surface area contributed by atoms with Crippen LogP contribution in [0.5, 0.6) is 5.75 Å². The van der Waals surface area contributed by atoms with Gasteiger partial charge in [-0.15, -0.1) is 0 Å². The molecule has 0 spiro atoms. The van der Waals surface area contributed by atoms with Crippen LogP contribution in [-0.2, 0) is 4.79 Å². The van der Waals surface area contributed by atoms with Crippen LogP contribution in [0.4, 0.5) is 5.82 Å². The van der Waals surface area contributed by atoms with E-state index in [-0.39, 0.29) is 18.7 Å². The monoisotopic (exact) mass is 401 g/mol. The van der Waals surface area contributed by atoms with Crippen LogP contribution >= 0.6 is 0 Å². The molecule has 2 aromatic rings. The van der Waals surface area contributed by atoms with E-state index >= 15 is 0 Å². The Hall–Kier alpha value is -2.67. The molecule has 0 radical (unpaired) electrons. The quantitative estimate of drug-likeness (QED) is 0.758. The molecule has 7 nitrogen and oxygen atoms in total. The second-order valence-electron chi connectivity index (χ2n) is 8.24. The highest BCUT2D eigenvalue weighted by Crippen LogP contribution is 2.37. The van der Waals surface area contributed by atoms with E-state index in [0.717, 1.165) is 53.5 Å². The number of nitrogens with zero attached hydrogens (tertiary/aromatic N) is 3. The van der Waals surface area contributed by atoms with E-state index in [9.17, 15) is 5.11 Å². The number of aliphatic hydroxyl groups excluding tert-OH is 1. The Bertz CT molecular complexity index is 833. The molecule has 0 amide bonds. The predicted molar refractivity (Wildman–Crippen MR) is 113 cm³/mol. The zero-order valence-corrected chi connectivity index (χ0v) is 17.8. The summed E-state index contributed by atoms with van der Waals surface area (Å²) in [6, 6.07) is 6.20. The molecule has 0 aliphatic carbocycles. The predicted octanol–water partition coefficient (Wildman–Crippen LogP) is 3.46. The summed E-state index contributed by atoms with van der Waals surface area (Å²) in [6.45, 7) is 12.0. The Morgan fingerprint density at radius 3 is 2.52 bits per heavy atom. The Labute approximate surface area is 172 Å². The van der Waals surface area contributed by atoms with Gasteiger partial charge in [0, 0.05) is 31.2 Å². The average Bonchev–Trinajstić information content (AvgIpc) is 3.11. The molecule has 0 bridgehead atoms. The van der Waals surface area contributed by atoms with Gasteiger partial charge in [-0.25, -0.2) is 9.97 Å². The van der Waals surface area contributed by atoms with Gasteiger partial charge >= 0.3 is 0 Å². The van der Waals surface area contributed by atoms with Crippen LogP contribution in [0.2, 0.25) is 0 Å². The molecule has 1 aliphatic heterocycles. The minimum absolute atomic E-state index is 0.222. The molecular formula is C22H31N3O4. The summed E-state index contributed by atoms with van der Waals surface area (Å²) in [7, 11) is 0. The van der Waals surface area contributed by atoms with E-state index in [1.165, 1.54) is 0 Å². The minimum Gasteiger partial charge on any atom is -0.488 e. The number of rotatable bonds is 4. The second-order valence-corrected chi connectivity index (χ2v) is 8.24. The SMILES string of the molecule is Cc1cc(OC(C)(C)C)ccc1-c1c(C)ncnc1N1CCC(CO)C1.O=CO. The van der Waals surface area contributed by atoms with Gasteiger partial charge in [-0.1, -0.05) is 6.07 Å². The van der Waals surface area contributed by atoms with Crippen molar-refractivity contribution in [3.05, 3.63) is 35.8 Å². The molecular weight excluding hydrogens is 370 g/mol. The summed E-state index contributed by atoms with van der Waals surface area (Å²) in [5.74, 6) is 2.15. The first-order valence-corrected chi connectivity index (χ1v) is 9.75. The fraction of sp³-hybridized carbons (Fsp3) is 0.500. The molecule has 1 saturated heterocycles. The van der Waals surface area contributed by atoms with Crippen LogP contribution in [0, 0.1) is 19.8 Å². The Morgan fingerprint density at radius 2 is 1.97 bits per heavy atom. The van der Waals surface area contributed by atoms with Crippen LogP contribution in [0.1, 0.15) is 38.4 Å². The van der Waals surface area contributed by atoms with E-state index in [0.29, 0.717) is 5.92 Å². The van der Waals surface area contributed by atoms with E-state index in [4.69, 9.17) is 14.6 Å². The van der Waals surface area contributed by atoms with Gasteiger partial charge in [0.15, 0.2) is 0 Å². The second kappa shape index (κ2) is 9.69. The number of hydrogen-bond acceptors (Lipinski definition) is 6. The highest BCUT2D eigenvalue weighted by atomic mass is 16.5. The van der Waals surface area contributed by atoms with Gasteiger partial charge < -0.3 is 19.8 Å². The fourth-order valence-corrected chi connectivity index (χ4v) is 3.52.